The minimum absolute atomic E-state index is 0. The monoisotopic (exact) mass is 340 g/mol. The third-order valence-corrected chi connectivity index (χ3v) is 3.67. The van der Waals surface area contributed by atoms with E-state index in [1.807, 2.05) is 0 Å². The number of rotatable bonds is 0. The zero-order valence-electron chi connectivity index (χ0n) is 8.48. The van der Waals surface area contributed by atoms with Gasteiger partial charge in [0, 0.05) is 3.57 Å². The molecule has 3 aromatic rings. The topological polar surface area (TPSA) is 0 Å². The Balaban J connectivity index is 0.000000963. The molecule has 0 aliphatic rings. The number of benzene rings is 3. The van der Waals surface area contributed by atoms with Gasteiger partial charge in [0.1, 0.15) is 0 Å². The van der Waals surface area contributed by atoms with E-state index >= 15 is 0 Å². The fourth-order valence-electron chi connectivity index (χ4n) is 2.00. The maximum Gasteiger partial charge on any atom is 0.0209 e. The number of fused-ring (bicyclic) bond motifs is 3. The van der Waals surface area contributed by atoms with Gasteiger partial charge in [-0.1, -0.05) is 48.5 Å². The molecule has 0 aliphatic heterocycles. The highest BCUT2D eigenvalue weighted by Gasteiger charge is 2.01. The first kappa shape index (κ1) is 11.7. The Hall–Kier alpha value is -0.800. The van der Waals surface area contributed by atoms with Gasteiger partial charge in [-0.3, -0.25) is 0 Å². The molecule has 0 saturated carbocycles. The molecule has 3 rings (SSSR count). The average Bonchev–Trinajstić information content (AvgIpc) is 2.29. The van der Waals surface area contributed by atoms with Crippen LogP contribution in [0.4, 0.5) is 0 Å². The Labute approximate surface area is 114 Å². The summed E-state index contributed by atoms with van der Waals surface area (Å²) in [5.74, 6) is 0. The summed E-state index contributed by atoms with van der Waals surface area (Å²) in [6.45, 7) is 0. The highest BCUT2D eigenvalue weighted by Crippen LogP contribution is 2.27. The number of hydrogen-bond donors (Lipinski definition) is 0. The van der Waals surface area contributed by atoms with E-state index in [0.717, 1.165) is 0 Å². The maximum absolute atomic E-state index is 2.39. The molecule has 0 N–H and O–H groups in total. The van der Waals surface area contributed by atoms with Gasteiger partial charge in [0.2, 0.25) is 0 Å². The molecular formula is C14H10ClI. The summed E-state index contributed by atoms with van der Waals surface area (Å²) in [5, 5.41) is 5.34. The van der Waals surface area contributed by atoms with Crippen LogP contribution in [0.15, 0.2) is 54.6 Å². The van der Waals surface area contributed by atoms with Crippen molar-refractivity contribution in [1.29, 1.82) is 0 Å². The second kappa shape index (κ2) is 4.60. The molecule has 3 aromatic carbocycles. The molecule has 0 radical (unpaired) electrons. The summed E-state index contributed by atoms with van der Waals surface area (Å²) in [4.78, 5) is 0. The predicted molar refractivity (Wildman–Crippen MR) is 81.4 cm³/mol. The highest BCUT2D eigenvalue weighted by molar-refractivity contribution is 14.1. The maximum atomic E-state index is 2.39. The molecule has 0 unspecified atom stereocenters. The van der Waals surface area contributed by atoms with Crippen LogP contribution in [-0.4, -0.2) is 0 Å². The van der Waals surface area contributed by atoms with Crippen molar-refractivity contribution in [2.75, 3.05) is 0 Å². The van der Waals surface area contributed by atoms with Crippen molar-refractivity contribution in [3.63, 3.8) is 0 Å². The molecule has 0 saturated heterocycles. The molecule has 0 nitrogen and oxygen atoms in total. The van der Waals surface area contributed by atoms with Crippen LogP contribution >= 0.6 is 35.0 Å². The summed E-state index contributed by atoms with van der Waals surface area (Å²) in [5.41, 5.74) is 0. The second-order valence-electron chi connectivity index (χ2n) is 3.62. The molecule has 0 aliphatic carbocycles. The van der Waals surface area contributed by atoms with E-state index in [1.165, 1.54) is 25.1 Å². The van der Waals surface area contributed by atoms with Crippen LogP contribution in [0.2, 0.25) is 0 Å². The minimum atomic E-state index is 0. The van der Waals surface area contributed by atoms with Gasteiger partial charge in [0.25, 0.3) is 0 Å². The molecule has 0 fully saturated rings. The first-order chi connectivity index (χ1) is 7.36. The zero-order chi connectivity index (χ0) is 10.3. The first-order valence-corrected chi connectivity index (χ1v) is 6.00. The summed E-state index contributed by atoms with van der Waals surface area (Å²) in [6.07, 6.45) is 0. The van der Waals surface area contributed by atoms with E-state index in [-0.39, 0.29) is 12.4 Å². The van der Waals surface area contributed by atoms with Gasteiger partial charge in [0.15, 0.2) is 0 Å². The van der Waals surface area contributed by atoms with Crippen molar-refractivity contribution < 1.29 is 0 Å². The largest absolute Gasteiger partial charge is 0.147 e. The predicted octanol–water partition coefficient (Wildman–Crippen LogP) is 5.02. The Bertz CT molecular complexity index is 646. The Morgan fingerprint density at radius 3 is 2.25 bits per heavy atom. The van der Waals surface area contributed by atoms with Crippen molar-refractivity contribution in [2.24, 2.45) is 0 Å². The van der Waals surface area contributed by atoms with Crippen molar-refractivity contribution in [3.05, 3.63) is 58.2 Å². The molecule has 0 heterocycles. The molecule has 16 heavy (non-hydrogen) atoms. The van der Waals surface area contributed by atoms with E-state index < -0.39 is 0 Å². The van der Waals surface area contributed by atoms with Crippen LogP contribution in [0.3, 0.4) is 0 Å². The van der Waals surface area contributed by atoms with Gasteiger partial charge in [-0.05, 0) is 50.2 Å². The van der Waals surface area contributed by atoms with Crippen LogP contribution < -0.4 is 0 Å². The summed E-state index contributed by atoms with van der Waals surface area (Å²) >= 11 is 2.39. The van der Waals surface area contributed by atoms with Crippen molar-refractivity contribution in [2.45, 2.75) is 0 Å². The minimum Gasteiger partial charge on any atom is -0.147 e. The Morgan fingerprint density at radius 1 is 0.625 bits per heavy atom. The van der Waals surface area contributed by atoms with E-state index in [0.29, 0.717) is 0 Å². The van der Waals surface area contributed by atoms with Gasteiger partial charge < -0.3 is 0 Å². The lowest BCUT2D eigenvalue weighted by Gasteiger charge is -2.04. The van der Waals surface area contributed by atoms with E-state index in [9.17, 15) is 0 Å². The van der Waals surface area contributed by atoms with E-state index in [2.05, 4.69) is 77.2 Å². The average molecular weight is 341 g/mol. The lowest BCUT2D eigenvalue weighted by molar-refractivity contribution is 1.73. The SMILES string of the molecule is Cl.Ic1cccc2c1ccc1ccccc12. The zero-order valence-corrected chi connectivity index (χ0v) is 11.5. The van der Waals surface area contributed by atoms with Crippen molar-refractivity contribution >= 4 is 56.5 Å². The van der Waals surface area contributed by atoms with Gasteiger partial charge in [-0.25, -0.2) is 0 Å². The molecule has 2 heteroatoms. The number of hydrogen-bond acceptors (Lipinski definition) is 0. The standard InChI is InChI=1S/C14H9I.ClH/c15-14-7-3-6-12-11-5-2-1-4-10(11)8-9-13(12)14;/h1-9H;1H. The first-order valence-electron chi connectivity index (χ1n) is 4.92. The summed E-state index contributed by atoms with van der Waals surface area (Å²) in [7, 11) is 0. The lowest BCUT2D eigenvalue weighted by atomic mass is 10.0. The third kappa shape index (κ3) is 1.78. The Kier molecular flexibility index (Phi) is 3.36. The van der Waals surface area contributed by atoms with E-state index in [4.69, 9.17) is 0 Å². The smallest absolute Gasteiger partial charge is 0.0209 e. The molecular weight excluding hydrogens is 331 g/mol. The summed E-state index contributed by atoms with van der Waals surface area (Å²) in [6, 6.07) is 19.4. The fourth-order valence-corrected chi connectivity index (χ4v) is 2.68. The van der Waals surface area contributed by atoms with Crippen LogP contribution in [0.25, 0.3) is 21.5 Å². The van der Waals surface area contributed by atoms with Crippen LogP contribution in [-0.2, 0) is 0 Å². The normalized spacial score (nSPS) is 10.3. The fraction of sp³-hybridized carbons (Fsp3) is 0. The third-order valence-electron chi connectivity index (χ3n) is 2.73. The molecule has 80 valence electrons. The van der Waals surface area contributed by atoms with Crippen LogP contribution in [0, 0.1) is 3.57 Å². The van der Waals surface area contributed by atoms with Gasteiger partial charge in [0.05, 0.1) is 0 Å². The molecule has 0 amide bonds. The highest BCUT2D eigenvalue weighted by atomic mass is 127. The van der Waals surface area contributed by atoms with Gasteiger partial charge in [-0.2, -0.15) is 0 Å². The Morgan fingerprint density at radius 2 is 1.38 bits per heavy atom. The van der Waals surface area contributed by atoms with Gasteiger partial charge >= 0.3 is 0 Å². The second-order valence-corrected chi connectivity index (χ2v) is 4.78. The molecule has 0 aromatic heterocycles. The van der Waals surface area contributed by atoms with Crippen LogP contribution in [0.1, 0.15) is 0 Å². The quantitative estimate of drug-likeness (QED) is 0.398. The summed E-state index contributed by atoms with van der Waals surface area (Å²) < 4.78 is 1.32. The van der Waals surface area contributed by atoms with Crippen molar-refractivity contribution in [3.8, 4) is 0 Å². The number of halogens is 2. The van der Waals surface area contributed by atoms with Gasteiger partial charge in [-0.15, -0.1) is 12.4 Å². The van der Waals surface area contributed by atoms with Crippen molar-refractivity contribution in [1.82, 2.24) is 0 Å². The lowest BCUT2D eigenvalue weighted by Crippen LogP contribution is -1.79. The molecule has 0 atom stereocenters. The molecule has 0 spiro atoms. The molecule has 0 bridgehead atoms. The van der Waals surface area contributed by atoms with Crippen LogP contribution in [0.5, 0.6) is 0 Å². The van der Waals surface area contributed by atoms with E-state index in [1.54, 1.807) is 0 Å².